The molecule has 0 aliphatic rings. The molecule has 0 spiro atoms. The summed E-state index contributed by atoms with van der Waals surface area (Å²) in [6.45, 7) is 1.96. The maximum atomic E-state index is 12.8. The van der Waals surface area contributed by atoms with Crippen LogP contribution < -0.4 is 5.56 Å². The van der Waals surface area contributed by atoms with Crippen molar-refractivity contribution in [3.63, 3.8) is 0 Å². The maximum absolute atomic E-state index is 12.8. The number of alkyl halides is 1. The van der Waals surface area contributed by atoms with Crippen LogP contribution in [0.4, 0.5) is 0 Å². The minimum absolute atomic E-state index is 0.145. The van der Waals surface area contributed by atoms with Crippen molar-refractivity contribution in [1.82, 2.24) is 19.3 Å². The Balaban J connectivity index is 2.39. The molecule has 21 heavy (non-hydrogen) atoms. The van der Waals surface area contributed by atoms with Gasteiger partial charge in [0.1, 0.15) is 5.82 Å². The van der Waals surface area contributed by atoms with Crippen molar-refractivity contribution in [3.8, 4) is 5.82 Å². The Labute approximate surface area is 126 Å². The van der Waals surface area contributed by atoms with Crippen molar-refractivity contribution in [2.24, 2.45) is 7.05 Å². The number of hydrogen-bond donors (Lipinski definition) is 0. The second-order valence-corrected chi connectivity index (χ2v) is 5.38. The number of benzene rings is 1. The van der Waals surface area contributed by atoms with Gasteiger partial charge in [-0.25, -0.2) is 9.55 Å². The Hall–Kier alpha value is -2.14. The van der Waals surface area contributed by atoms with Gasteiger partial charge in [-0.05, 0) is 18.6 Å². The smallest absolute Gasteiger partial charge is 0.267 e. The largest absolute Gasteiger partial charge is 0.274 e. The van der Waals surface area contributed by atoms with Crippen LogP contribution in [0, 0.1) is 0 Å². The van der Waals surface area contributed by atoms with Crippen LogP contribution in [0.5, 0.6) is 0 Å². The Morgan fingerprint density at radius 3 is 2.71 bits per heavy atom. The molecule has 3 aromatic rings. The van der Waals surface area contributed by atoms with E-state index in [9.17, 15) is 4.79 Å². The van der Waals surface area contributed by atoms with E-state index in [2.05, 4.69) is 10.1 Å². The van der Waals surface area contributed by atoms with Crippen molar-refractivity contribution in [2.45, 2.75) is 18.7 Å². The van der Waals surface area contributed by atoms with Gasteiger partial charge < -0.3 is 0 Å². The second kappa shape index (κ2) is 5.33. The van der Waals surface area contributed by atoms with Gasteiger partial charge in [0.05, 0.1) is 16.3 Å². The summed E-state index contributed by atoms with van der Waals surface area (Å²) >= 11 is 6.37. The van der Waals surface area contributed by atoms with Gasteiger partial charge in [-0.1, -0.05) is 19.1 Å². The van der Waals surface area contributed by atoms with Gasteiger partial charge in [-0.2, -0.15) is 5.10 Å². The van der Waals surface area contributed by atoms with Crippen LogP contribution in [0.3, 0.4) is 0 Å². The van der Waals surface area contributed by atoms with E-state index in [0.29, 0.717) is 29.0 Å². The third-order valence-corrected chi connectivity index (χ3v) is 3.87. The fourth-order valence-corrected chi connectivity index (χ4v) is 2.43. The van der Waals surface area contributed by atoms with E-state index in [1.165, 1.54) is 4.57 Å². The molecule has 1 aromatic carbocycles. The van der Waals surface area contributed by atoms with E-state index in [0.717, 1.165) is 0 Å². The summed E-state index contributed by atoms with van der Waals surface area (Å²) in [6.07, 6.45) is 2.47. The molecule has 3 rings (SSSR count). The van der Waals surface area contributed by atoms with Gasteiger partial charge in [0.2, 0.25) is 0 Å². The zero-order valence-electron chi connectivity index (χ0n) is 11.8. The van der Waals surface area contributed by atoms with E-state index in [-0.39, 0.29) is 10.9 Å². The van der Waals surface area contributed by atoms with Gasteiger partial charge in [0, 0.05) is 19.3 Å². The molecular formula is C15H15ClN4O. The van der Waals surface area contributed by atoms with Crippen LogP contribution in [0.2, 0.25) is 0 Å². The number of fused-ring (bicyclic) bond motifs is 1. The number of hydrogen-bond acceptors (Lipinski definition) is 3. The number of halogens is 1. The molecule has 108 valence electrons. The highest BCUT2D eigenvalue weighted by Crippen LogP contribution is 2.24. The molecule has 0 saturated heterocycles. The lowest BCUT2D eigenvalue weighted by Gasteiger charge is -2.14. The van der Waals surface area contributed by atoms with Gasteiger partial charge in [0.25, 0.3) is 5.56 Å². The lowest BCUT2D eigenvalue weighted by molar-refractivity contribution is 0.707. The molecule has 0 aliphatic carbocycles. The zero-order chi connectivity index (χ0) is 15.0. The van der Waals surface area contributed by atoms with Crippen molar-refractivity contribution in [3.05, 3.63) is 52.7 Å². The maximum Gasteiger partial charge on any atom is 0.267 e. The fraction of sp³-hybridized carbons (Fsp3) is 0.267. The fourth-order valence-electron chi connectivity index (χ4n) is 2.29. The van der Waals surface area contributed by atoms with Crippen LogP contribution >= 0.6 is 11.6 Å². The third-order valence-electron chi connectivity index (χ3n) is 3.37. The van der Waals surface area contributed by atoms with E-state index >= 15 is 0 Å². The van der Waals surface area contributed by atoms with Crippen molar-refractivity contribution >= 4 is 22.5 Å². The number of nitrogens with zero attached hydrogens (tertiary/aromatic N) is 4. The average Bonchev–Trinajstić information content (AvgIpc) is 2.92. The van der Waals surface area contributed by atoms with Gasteiger partial charge in [0.15, 0.2) is 5.82 Å². The molecule has 6 heteroatoms. The lowest BCUT2D eigenvalue weighted by atomic mass is 10.2. The highest BCUT2D eigenvalue weighted by atomic mass is 35.5. The van der Waals surface area contributed by atoms with E-state index in [4.69, 9.17) is 11.6 Å². The van der Waals surface area contributed by atoms with E-state index in [1.54, 1.807) is 30.1 Å². The Morgan fingerprint density at radius 1 is 1.29 bits per heavy atom. The SMILES string of the molecule is CCC(Cl)c1nc2ccccc2c(=O)n1-c1ccn(C)n1. The van der Waals surface area contributed by atoms with Crippen molar-refractivity contribution in [2.75, 3.05) is 0 Å². The zero-order valence-corrected chi connectivity index (χ0v) is 12.6. The normalized spacial score (nSPS) is 12.7. The summed E-state index contributed by atoms with van der Waals surface area (Å²) in [7, 11) is 1.81. The number of rotatable bonds is 3. The van der Waals surface area contributed by atoms with Crippen LogP contribution in [0.1, 0.15) is 24.5 Å². The van der Waals surface area contributed by atoms with Crippen LogP contribution in [0.25, 0.3) is 16.7 Å². The van der Waals surface area contributed by atoms with Crippen LogP contribution in [-0.2, 0) is 7.05 Å². The average molecular weight is 303 g/mol. The van der Waals surface area contributed by atoms with Crippen molar-refractivity contribution < 1.29 is 0 Å². The monoisotopic (exact) mass is 302 g/mol. The van der Waals surface area contributed by atoms with Gasteiger partial charge in [-0.3, -0.25) is 9.48 Å². The molecule has 0 amide bonds. The number of para-hydroxylation sites is 1. The predicted octanol–water partition coefficient (Wildman–Crippen LogP) is 2.81. The van der Waals surface area contributed by atoms with Gasteiger partial charge in [-0.15, -0.1) is 11.6 Å². The van der Waals surface area contributed by atoms with Crippen LogP contribution in [0.15, 0.2) is 41.3 Å². The minimum atomic E-state index is -0.343. The third kappa shape index (κ3) is 2.34. The quantitative estimate of drug-likeness (QED) is 0.699. The summed E-state index contributed by atoms with van der Waals surface area (Å²) in [5.74, 6) is 1.07. The Morgan fingerprint density at radius 2 is 2.05 bits per heavy atom. The molecule has 0 saturated carbocycles. The topological polar surface area (TPSA) is 52.7 Å². The summed E-state index contributed by atoms with van der Waals surface area (Å²) in [4.78, 5) is 17.4. The highest BCUT2D eigenvalue weighted by molar-refractivity contribution is 6.20. The summed E-state index contributed by atoms with van der Waals surface area (Å²) in [5, 5.41) is 4.53. The summed E-state index contributed by atoms with van der Waals surface area (Å²) in [5.41, 5.74) is 0.511. The van der Waals surface area contributed by atoms with Crippen molar-refractivity contribution in [1.29, 1.82) is 0 Å². The van der Waals surface area contributed by atoms with E-state index < -0.39 is 0 Å². The molecule has 1 unspecified atom stereocenters. The Kier molecular flexibility index (Phi) is 3.51. The molecule has 0 radical (unpaired) electrons. The molecule has 1 atom stereocenters. The molecule has 2 aromatic heterocycles. The number of aryl methyl sites for hydroxylation is 1. The predicted molar refractivity (Wildman–Crippen MR) is 83.0 cm³/mol. The molecule has 0 N–H and O–H groups in total. The molecule has 0 fully saturated rings. The first-order valence-electron chi connectivity index (χ1n) is 6.77. The first kappa shape index (κ1) is 13.8. The summed E-state index contributed by atoms with van der Waals surface area (Å²) < 4.78 is 3.15. The first-order valence-corrected chi connectivity index (χ1v) is 7.21. The van der Waals surface area contributed by atoms with Gasteiger partial charge >= 0.3 is 0 Å². The molecule has 2 heterocycles. The van der Waals surface area contributed by atoms with E-state index in [1.807, 2.05) is 25.1 Å². The lowest BCUT2D eigenvalue weighted by Crippen LogP contribution is -2.25. The molecule has 0 bridgehead atoms. The molecular weight excluding hydrogens is 288 g/mol. The highest BCUT2D eigenvalue weighted by Gasteiger charge is 2.19. The minimum Gasteiger partial charge on any atom is -0.274 e. The Bertz CT molecular complexity index is 852. The second-order valence-electron chi connectivity index (χ2n) is 4.85. The standard InChI is InChI=1S/C15H15ClN4O/c1-3-11(16)14-17-12-7-5-4-6-10(12)15(21)20(14)13-8-9-19(2)18-13/h4-9,11H,3H2,1-2H3. The first-order chi connectivity index (χ1) is 10.1. The number of aromatic nitrogens is 4. The molecule has 5 nitrogen and oxygen atoms in total. The van der Waals surface area contributed by atoms with Crippen LogP contribution in [-0.4, -0.2) is 19.3 Å². The summed E-state index contributed by atoms with van der Waals surface area (Å²) in [6, 6.07) is 9.05. The molecule has 0 aliphatic heterocycles.